The Hall–Kier alpha value is -6.09. The molecule has 1 aliphatic rings. The van der Waals surface area contributed by atoms with Gasteiger partial charge in [-0.3, -0.25) is 4.79 Å². The first-order valence-corrected chi connectivity index (χ1v) is 13.2. The molecule has 0 aromatic carbocycles. The first-order chi connectivity index (χ1) is 22.3. The Bertz CT molecular complexity index is 1940. The van der Waals surface area contributed by atoms with Gasteiger partial charge in [-0.15, -0.1) is 0 Å². The van der Waals surface area contributed by atoms with E-state index in [0.717, 1.165) is 0 Å². The van der Waals surface area contributed by atoms with E-state index in [-0.39, 0.29) is 47.3 Å². The number of aliphatic hydroxyl groups is 5. The van der Waals surface area contributed by atoms with Crippen LogP contribution in [0.15, 0.2) is 0 Å². The smallest absolute Gasteiger partial charge is 0.297 e. The Labute approximate surface area is 304 Å². The maximum absolute atomic E-state index is 12.2. The second-order valence-electron chi connectivity index (χ2n) is 8.21. The molecule has 0 aromatic heterocycles. The van der Waals surface area contributed by atoms with Crippen molar-refractivity contribution >= 4 is 5.91 Å². The topological polar surface area (TPSA) is 149 Å². The largest absolute Gasteiger partial charge is 0.394 e. The molecule has 0 spiro atoms. The summed E-state index contributed by atoms with van der Waals surface area (Å²) < 4.78 is 10.7. The molecule has 1 amide bonds. The highest BCUT2D eigenvalue weighted by atomic mass is 16.7. The van der Waals surface area contributed by atoms with Crippen LogP contribution in [0, 0.1) is 142 Å². The summed E-state index contributed by atoms with van der Waals surface area (Å²) >= 11 is 0. The Morgan fingerprint density at radius 3 is 1.52 bits per heavy atom. The Kier molecular flexibility index (Phi) is 20.1. The standard InChI is InChI=1S/C37H25NO8.24H2/c1-3-5-6-7-8-9-10-11-12-13-14-15-16-17-18-19-20-21-22-23-24-25-26-27-33(41)38-30(31(40)4-2)29-45-37-36(44)35(43)34(42)32(28-39)46-37;;;;;;;;;;;;;;;;;;;;;;;;/h30-32,34-37,39-40,42-44H,4,28-29H2,1-2H3,(H,38,41);24*1H/t30-,31+,32?,34-,35-,36?,37-;;;;;;;;;;;;;;;;;;;;;;;;/m0......................../s1. The van der Waals surface area contributed by atoms with Crippen LogP contribution >= 0.6 is 0 Å². The average Bonchev–Trinajstić information content (AvgIpc) is 3.06. The molecule has 0 radical (unpaired) electrons. The quantitative estimate of drug-likeness (QED) is 0.229. The third-order valence-electron chi connectivity index (χ3n) is 5.10. The van der Waals surface area contributed by atoms with E-state index in [1.165, 1.54) is 0 Å². The van der Waals surface area contributed by atoms with Gasteiger partial charge in [0.05, 0.1) is 25.4 Å². The van der Waals surface area contributed by atoms with Gasteiger partial charge in [-0.05, 0) is 108 Å². The van der Waals surface area contributed by atoms with Crippen molar-refractivity contribution in [3.05, 3.63) is 0 Å². The van der Waals surface area contributed by atoms with Crippen LogP contribution < -0.4 is 5.32 Å². The monoisotopic (exact) mass is 660 g/mol. The van der Waals surface area contributed by atoms with Crippen LogP contribution in [0.3, 0.4) is 0 Å². The van der Waals surface area contributed by atoms with Gasteiger partial charge in [0.15, 0.2) is 6.29 Å². The fourth-order valence-corrected chi connectivity index (χ4v) is 2.92. The van der Waals surface area contributed by atoms with Gasteiger partial charge >= 0.3 is 0 Å². The van der Waals surface area contributed by atoms with Crippen LogP contribution in [-0.4, -0.2) is 87.5 Å². The lowest BCUT2D eigenvalue weighted by molar-refractivity contribution is -0.302. The third-order valence-corrected chi connectivity index (χ3v) is 5.10. The van der Waals surface area contributed by atoms with Gasteiger partial charge in [-0.25, -0.2) is 0 Å². The second-order valence-corrected chi connectivity index (χ2v) is 8.21. The molecule has 1 fully saturated rings. The van der Waals surface area contributed by atoms with Crippen LogP contribution in [0.2, 0.25) is 0 Å². The highest BCUT2D eigenvalue weighted by molar-refractivity contribution is 5.94. The summed E-state index contributed by atoms with van der Waals surface area (Å²) in [6.07, 6.45) is -8.19. The van der Waals surface area contributed by atoms with Crippen molar-refractivity contribution in [2.45, 2.75) is 63.1 Å². The number of nitrogens with one attached hydrogen (secondary N) is 1. The second kappa shape index (κ2) is 24.4. The zero-order valence-corrected chi connectivity index (χ0v) is 24.6. The normalized spacial score (nSPS) is 18.8. The number of hydrogen-bond acceptors (Lipinski definition) is 8. The summed E-state index contributed by atoms with van der Waals surface area (Å²) in [6.45, 7) is 2.38. The molecule has 9 heteroatoms. The molecule has 1 heterocycles. The van der Waals surface area contributed by atoms with E-state index < -0.39 is 55.4 Å². The summed E-state index contributed by atoms with van der Waals surface area (Å²) in [5.74, 6) is 58.2. The van der Waals surface area contributed by atoms with Crippen LogP contribution in [0.4, 0.5) is 0 Å². The van der Waals surface area contributed by atoms with Crippen molar-refractivity contribution in [1.29, 1.82) is 0 Å². The molecule has 6 N–H and O–H groups in total. The molecule has 0 aromatic rings. The molecule has 2 unspecified atom stereocenters. The molecule has 0 saturated carbocycles. The number of amides is 1. The molecular weight excluding hydrogens is 586 g/mol. The highest BCUT2D eigenvalue weighted by Gasteiger charge is 2.44. The van der Waals surface area contributed by atoms with E-state index in [0.29, 0.717) is 0 Å². The zero-order valence-electron chi connectivity index (χ0n) is 24.6. The highest BCUT2D eigenvalue weighted by Crippen LogP contribution is 2.22. The van der Waals surface area contributed by atoms with Crippen molar-refractivity contribution in [1.82, 2.24) is 5.32 Å². The Morgan fingerprint density at radius 2 is 1.13 bits per heavy atom. The molecule has 9 nitrogen and oxygen atoms in total. The number of rotatable bonds is 7. The van der Waals surface area contributed by atoms with E-state index in [9.17, 15) is 30.3 Å². The first kappa shape index (κ1) is 37.9. The summed E-state index contributed by atoms with van der Waals surface area (Å²) in [7, 11) is 0. The van der Waals surface area contributed by atoms with Crippen LogP contribution in [0.1, 0.15) is 54.5 Å². The lowest BCUT2D eigenvalue weighted by Crippen LogP contribution is -2.60. The van der Waals surface area contributed by atoms with Gasteiger partial charge in [0, 0.05) is 75.7 Å². The molecule has 1 aliphatic heterocycles. The van der Waals surface area contributed by atoms with Crippen molar-refractivity contribution in [2.75, 3.05) is 13.2 Å². The van der Waals surface area contributed by atoms with Gasteiger partial charge in [-0.2, -0.15) is 0 Å². The summed E-state index contributed by atoms with van der Waals surface area (Å²) in [4.78, 5) is 12.2. The summed E-state index contributed by atoms with van der Waals surface area (Å²) in [5, 5.41) is 51.8. The average molecular weight is 660 g/mol. The molecule has 1 rings (SSSR count). The number of hydrogen-bond donors (Lipinski definition) is 6. The molecule has 1 saturated heterocycles. The van der Waals surface area contributed by atoms with Crippen LogP contribution in [0.25, 0.3) is 0 Å². The van der Waals surface area contributed by atoms with Crippen LogP contribution in [-0.2, 0) is 14.3 Å². The fourth-order valence-electron chi connectivity index (χ4n) is 2.92. The number of ether oxygens (including phenoxy) is 2. The summed E-state index contributed by atoms with van der Waals surface area (Å²) in [6, 6.07) is -0.961. The fraction of sp³-hybridized carbons (Fsp3) is 0.324. The van der Waals surface area contributed by atoms with Crippen LogP contribution in [0.5, 0.6) is 0 Å². The van der Waals surface area contributed by atoms with E-state index >= 15 is 0 Å². The van der Waals surface area contributed by atoms with Gasteiger partial charge in [0.25, 0.3) is 5.91 Å². The summed E-state index contributed by atoms with van der Waals surface area (Å²) in [5.41, 5.74) is 0. The minimum Gasteiger partial charge on any atom is -0.394 e. The maximum Gasteiger partial charge on any atom is 0.297 e. The molecular formula is C37H73NO8. The predicted molar refractivity (Wildman–Crippen MR) is 218 cm³/mol. The van der Waals surface area contributed by atoms with Crippen molar-refractivity contribution < 1.29 is 74.0 Å². The van der Waals surface area contributed by atoms with Gasteiger partial charge in [0.2, 0.25) is 0 Å². The van der Waals surface area contributed by atoms with Gasteiger partial charge in [0.1, 0.15) is 24.4 Å². The Balaban J connectivity index is -0.0000000401. The SMILES string of the molecule is CC#CC#CC#CC#CC#CC#CC#CC#CC#CC#CC#CC#CC(=O)N[C@@H](CO[C@H]1OC(CO)[C@H](O)[C@H](O)C1O)[C@H](O)CC.[HH].[HH].[HH].[HH].[HH].[HH].[HH].[HH].[HH].[HH].[HH].[HH].[HH].[HH].[HH].[HH].[HH].[HH].[HH].[HH].[HH].[HH].[HH].[HH]. The zero-order chi connectivity index (χ0) is 33.8. The molecule has 0 aliphatic carbocycles. The lowest BCUT2D eigenvalue weighted by Gasteiger charge is -2.40. The molecule has 46 heavy (non-hydrogen) atoms. The molecule has 7 atom stereocenters. The van der Waals surface area contributed by atoms with E-state index in [1.807, 2.05) is 0 Å². The van der Waals surface area contributed by atoms with E-state index in [4.69, 9.17) is 9.47 Å². The lowest BCUT2D eigenvalue weighted by atomic mass is 9.99. The van der Waals surface area contributed by atoms with Gasteiger partial charge in [-0.1, -0.05) is 12.8 Å². The maximum atomic E-state index is 12.2. The van der Waals surface area contributed by atoms with Gasteiger partial charge < -0.3 is 40.3 Å². The molecule has 274 valence electrons. The van der Waals surface area contributed by atoms with E-state index in [2.05, 4.69) is 147 Å². The minimum absolute atomic E-state index is 0. The third kappa shape index (κ3) is 16.5. The number of aliphatic hydroxyl groups excluding tert-OH is 5. The first-order valence-electron chi connectivity index (χ1n) is 13.2. The molecule has 0 bridgehead atoms. The Morgan fingerprint density at radius 1 is 0.717 bits per heavy atom. The van der Waals surface area contributed by atoms with Crippen molar-refractivity contribution in [3.8, 4) is 142 Å². The minimum atomic E-state index is -1.63. The van der Waals surface area contributed by atoms with Crippen molar-refractivity contribution in [2.24, 2.45) is 0 Å². The number of carbonyl (C=O) groups is 1. The van der Waals surface area contributed by atoms with Crippen molar-refractivity contribution in [3.63, 3.8) is 0 Å². The predicted octanol–water partition coefficient (Wildman–Crippen LogP) is 3.02. The number of carbonyl (C=O) groups excluding carboxylic acids is 1. The van der Waals surface area contributed by atoms with E-state index in [1.54, 1.807) is 13.8 Å².